The first-order valence-electron chi connectivity index (χ1n) is 5.65. The van der Waals surface area contributed by atoms with Crippen molar-refractivity contribution in [2.75, 3.05) is 20.6 Å². The summed E-state index contributed by atoms with van der Waals surface area (Å²) < 4.78 is 1.38. The van der Waals surface area contributed by atoms with Crippen LogP contribution in [0, 0.1) is 0 Å². The molecule has 2 aromatic rings. The number of fused-ring (bicyclic) bond motifs is 1. The van der Waals surface area contributed by atoms with E-state index < -0.39 is 0 Å². The number of hydrogen-bond acceptors (Lipinski definition) is 3. The Balaban J connectivity index is 2.30. The Hall–Kier alpha value is -0.900. The van der Waals surface area contributed by atoms with Crippen molar-refractivity contribution in [3.8, 4) is 0 Å². The van der Waals surface area contributed by atoms with E-state index in [-0.39, 0.29) is 0 Å². The van der Waals surface area contributed by atoms with Gasteiger partial charge in [-0.15, -0.1) is 11.3 Å². The number of thiophene rings is 1. The average Bonchev–Trinajstić information content (AvgIpc) is 2.75. The zero-order valence-electron chi connectivity index (χ0n) is 9.79. The van der Waals surface area contributed by atoms with Gasteiger partial charge in [0, 0.05) is 10.7 Å². The molecule has 0 radical (unpaired) electrons. The largest absolute Gasteiger partial charge is 0.320 e. The Kier molecular flexibility index (Phi) is 3.93. The van der Waals surface area contributed by atoms with Gasteiger partial charge in [0.05, 0.1) is 0 Å². The fourth-order valence-electron chi connectivity index (χ4n) is 2.01. The van der Waals surface area contributed by atoms with E-state index in [4.69, 9.17) is 0 Å². The lowest BCUT2D eigenvalue weighted by Gasteiger charge is -2.15. The molecule has 16 heavy (non-hydrogen) atoms. The Morgan fingerprint density at radius 2 is 2.06 bits per heavy atom. The summed E-state index contributed by atoms with van der Waals surface area (Å²) in [5.41, 5.74) is 1.43. The van der Waals surface area contributed by atoms with Crippen molar-refractivity contribution in [1.82, 2.24) is 10.6 Å². The van der Waals surface area contributed by atoms with Gasteiger partial charge in [0.25, 0.3) is 0 Å². The molecule has 3 heteroatoms. The molecule has 1 aromatic heterocycles. The molecule has 1 aromatic carbocycles. The monoisotopic (exact) mass is 234 g/mol. The maximum Gasteiger partial charge on any atom is 0.0346 e. The van der Waals surface area contributed by atoms with E-state index in [0.717, 1.165) is 13.0 Å². The molecular weight excluding hydrogens is 216 g/mol. The van der Waals surface area contributed by atoms with E-state index >= 15 is 0 Å². The molecule has 0 fully saturated rings. The maximum absolute atomic E-state index is 3.40. The van der Waals surface area contributed by atoms with Crippen molar-refractivity contribution in [3.63, 3.8) is 0 Å². The number of hydrogen-bond donors (Lipinski definition) is 2. The van der Waals surface area contributed by atoms with Crippen LogP contribution >= 0.6 is 11.3 Å². The molecule has 0 aliphatic rings. The Morgan fingerprint density at radius 3 is 2.81 bits per heavy atom. The second-order valence-electron chi connectivity index (χ2n) is 3.92. The molecule has 86 valence electrons. The summed E-state index contributed by atoms with van der Waals surface area (Å²) in [5, 5.41) is 10.3. The van der Waals surface area contributed by atoms with Gasteiger partial charge in [-0.3, -0.25) is 0 Å². The second-order valence-corrected chi connectivity index (χ2v) is 4.83. The molecule has 1 atom stereocenters. The molecule has 0 amide bonds. The number of benzene rings is 1. The second kappa shape index (κ2) is 5.43. The Morgan fingerprint density at radius 1 is 1.25 bits per heavy atom. The molecule has 0 saturated heterocycles. The van der Waals surface area contributed by atoms with Crippen LogP contribution < -0.4 is 10.6 Å². The first-order chi connectivity index (χ1) is 7.86. The highest BCUT2D eigenvalue weighted by Gasteiger charge is 2.13. The van der Waals surface area contributed by atoms with Crippen molar-refractivity contribution in [2.24, 2.45) is 0 Å². The van der Waals surface area contributed by atoms with E-state index in [1.54, 1.807) is 0 Å². The lowest BCUT2D eigenvalue weighted by Crippen LogP contribution is -2.21. The smallest absolute Gasteiger partial charge is 0.0346 e. The van der Waals surface area contributed by atoms with Crippen molar-refractivity contribution in [3.05, 3.63) is 35.2 Å². The lowest BCUT2D eigenvalue weighted by atomic mass is 10.0. The summed E-state index contributed by atoms with van der Waals surface area (Å²) in [6, 6.07) is 9.07. The molecular formula is C13H18N2S. The SMILES string of the molecule is CNCCC(NC)c1csc2ccccc12. The summed E-state index contributed by atoms with van der Waals surface area (Å²) >= 11 is 1.83. The van der Waals surface area contributed by atoms with Gasteiger partial charge in [0.1, 0.15) is 0 Å². The molecule has 1 unspecified atom stereocenters. The van der Waals surface area contributed by atoms with Gasteiger partial charge in [-0.05, 0) is 49.5 Å². The highest BCUT2D eigenvalue weighted by Crippen LogP contribution is 2.31. The van der Waals surface area contributed by atoms with Crippen LogP contribution in [0.4, 0.5) is 0 Å². The molecule has 0 aliphatic heterocycles. The Bertz CT molecular complexity index is 450. The van der Waals surface area contributed by atoms with Gasteiger partial charge < -0.3 is 10.6 Å². The van der Waals surface area contributed by atoms with Crippen LogP contribution in [0.2, 0.25) is 0 Å². The maximum atomic E-state index is 3.40. The molecule has 1 heterocycles. The van der Waals surface area contributed by atoms with Crippen LogP contribution in [0.5, 0.6) is 0 Å². The first kappa shape index (κ1) is 11.6. The third-order valence-corrected chi connectivity index (χ3v) is 3.90. The van der Waals surface area contributed by atoms with Gasteiger partial charge in [0.15, 0.2) is 0 Å². The average molecular weight is 234 g/mol. The molecule has 0 spiro atoms. The molecule has 2 rings (SSSR count). The topological polar surface area (TPSA) is 24.1 Å². The standard InChI is InChI=1S/C13H18N2S/c1-14-8-7-12(15-2)11-9-16-13-6-4-3-5-10(11)13/h3-6,9,12,14-15H,7-8H2,1-2H3. The molecule has 2 N–H and O–H groups in total. The van der Waals surface area contributed by atoms with Crippen molar-refractivity contribution >= 4 is 21.4 Å². The van der Waals surface area contributed by atoms with Crippen molar-refractivity contribution in [2.45, 2.75) is 12.5 Å². The highest BCUT2D eigenvalue weighted by atomic mass is 32.1. The van der Waals surface area contributed by atoms with E-state index in [9.17, 15) is 0 Å². The van der Waals surface area contributed by atoms with Gasteiger partial charge >= 0.3 is 0 Å². The number of rotatable bonds is 5. The first-order valence-corrected chi connectivity index (χ1v) is 6.52. The predicted octanol–water partition coefficient (Wildman–Crippen LogP) is 2.77. The minimum Gasteiger partial charge on any atom is -0.320 e. The van der Waals surface area contributed by atoms with E-state index in [2.05, 4.69) is 40.3 Å². The van der Waals surface area contributed by atoms with Gasteiger partial charge in [0.2, 0.25) is 0 Å². The van der Waals surface area contributed by atoms with Crippen LogP contribution in [-0.4, -0.2) is 20.6 Å². The van der Waals surface area contributed by atoms with E-state index in [1.165, 1.54) is 15.6 Å². The van der Waals surface area contributed by atoms with E-state index in [0.29, 0.717) is 6.04 Å². The molecule has 0 saturated carbocycles. The van der Waals surface area contributed by atoms with Gasteiger partial charge in [-0.2, -0.15) is 0 Å². The fourth-order valence-corrected chi connectivity index (χ4v) is 3.03. The summed E-state index contributed by atoms with van der Waals surface area (Å²) in [6.07, 6.45) is 1.12. The third kappa shape index (κ3) is 2.26. The third-order valence-electron chi connectivity index (χ3n) is 2.92. The zero-order valence-corrected chi connectivity index (χ0v) is 10.6. The summed E-state index contributed by atoms with van der Waals surface area (Å²) in [6.45, 7) is 1.04. The fraction of sp³-hybridized carbons (Fsp3) is 0.385. The van der Waals surface area contributed by atoms with Gasteiger partial charge in [-0.25, -0.2) is 0 Å². The molecule has 2 nitrogen and oxygen atoms in total. The highest BCUT2D eigenvalue weighted by molar-refractivity contribution is 7.17. The van der Waals surface area contributed by atoms with Crippen LogP contribution in [0.15, 0.2) is 29.6 Å². The normalized spacial score (nSPS) is 13.1. The summed E-state index contributed by atoms with van der Waals surface area (Å²) in [4.78, 5) is 0. The summed E-state index contributed by atoms with van der Waals surface area (Å²) in [7, 11) is 4.03. The van der Waals surface area contributed by atoms with Crippen LogP contribution in [0.1, 0.15) is 18.0 Å². The van der Waals surface area contributed by atoms with Crippen molar-refractivity contribution < 1.29 is 0 Å². The van der Waals surface area contributed by atoms with Gasteiger partial charge in [-0.1, -0.05) is 18.2 Å². The van der Waals surface area contributed by atoms with Crippen LogP contribution in [-0.2, 0) is 0 Å². The van der Waals surface area contributed by atoms with E-state index in [1.807, 2.05) is 25.4 Å². The quantitative estimate of drug-likeness (QED) is 0.831. The number of nitrogens with one attached hydrogen (secondary N) is 2. The van der Waals surface area contributed by atoms with Crippen LogP contribution in [0.3, 0.4) is 0 Å². The minimum atomic E-state index is 0.448. The zero-order chi connectivity index (χ0) is 11.4. The molecule has 0 aliphatic carbocycles. The lowest BCUT2D eigenvalue weighted by molar-refractivity contribution is 0.537. The van der Waals surface area contributed by atoms with Crippen LogP contribution in [0.25, 0.3) is 10.1 Å². The molecule has 0 bridgehead atoms. The minimum absolute atomic E-state index is 0.448. The Labute approximate surface area is 101 Å². The summed E-state index contributed by atoms with van der Waals surface area (Å²) in [5.74, 6) is 0. The van der Waals surface area contributed by atoms with Crippen molar-refractivity contribution in [1.29, 1.82) is 0 Å². The predicted molar refractivity (Wildman–Crippen MR) is 72.2 cm³/mol.